The van der Waals surface area contributed by atoms with Crippen LogP contribution in [0.2, 0.25) is 0 Å². The van der Waals surface area contributed by atoms with Gasteiger partial charge in [0.15, 0.2) is 6.61 Å². The molecule has 3 heterocycles. The molecule has 2 aliphatic rings. The molecule has 1 N–H and O–H groups in total. The maximum atomic E-state index is 12.5. The second kappa shape index (κ2) is 7.98. The van der Waals surface area contributed by atoms with Crippen LogP contribution in [0.15, 0.2) is 35.3 Å². The van der Waals surface area contributed by atoms with Gasteiger partial charge >= 0.3 is 5.97 Å². The van der Waals surface area contributed by atoms with Gasteiger partial charge in [-0.3, -0.25) is 14.2 Å². The quantitative estimate of drug-likeness (QED) is 0.634. The number of anilines is 1. The zero-order chi connectivity index (χ0) is 21.4. The number of nitrogens with one attached hydrogen (secondary N) is 1. The van der Waals surface area contributed by atoms with Crippen LogP contribution in [0.25, 0.3) is 10.9 Å². The first-order chi connectivity index (χ1) is 15.1. The molecule has 1 amide bonds. The minimum atomic E-state index is -0.635. The first kappa shape index (κ1) is 19.5. The molecule has 0 radical (unpaired) electrons. The van der Waals surface area contributed by atoms with Crippen molar-refractivity contribution in [3.05, 3.63) is 52.2 Å². The van der Waals surface area contributed by atoms with Gasteiger partial charge in [-0.25, -0.2) is 14.5 Å². The lowest BCUT2D eigenvalue weighted by atomic mass is 10.1. The Bertz CT molecular complexity index is 1220. The van der Waals surface area contributed by atoms with E-state index in [9.17, 15) is 14.4 Å². The number of esters is 1. The Balaban J connectivity index is 1.25. The van der Waals surface area contributed by atoms with Crippen molar-refractivity contribution in [2.24, 2.45) is 0 Å². The van der Waals surface area contributed by atoms with Crippen molar-refractivity contribution in [2.45, 2.75) is 51.1 Å². The average molecular weight is 421 g/mol. The van der Waals surface area contributed by atoms with Crippen LogP contribution in [-0.4, -0.2) is 37.8 Å². The summed E-state index contributed by atoms with van der Waals surface area (Å²) >= 11 is 0. The number of carbonyl (C=O) groups is 2. The predicted octanol–water partition coefficient (Wildman–Crippen LogP) is 2.45. The molecule has 0 saturated heterocycles. The van der Waals surface area contributed by atoms with Gasteiger partial charge in [-0.05, 0) is 37.5 Å². The van der Waals surface area contributed by atoms with Crippen LogP contribution in [0, 0.1) is 0 Å². The Morgan fingerprint density at radius 3 is 2.84 bits per heavy atom. The zero-order valence-corrected chi connectivity index (χ0v) is 17.0. The van der Waals surface area contributed by atoms with Crippen LogP contribution in [0.4, 0.5) is 5.82 Å². The van der Waals surface area contributed by atoms with Crippen LogP contribution in [-0.2, 0) is 22.5 Å². The van der Waals surface area contributed by atoms with Crippen LogP contribution < -0.4 is 10.9 Å². The van der Waals surface area contributed by atoms with E-state index in [2.05, 4.69) is 15.4 Å². The molecule has 0 atom stereocenters. The summed E-state index contributed by atoms with van der Waals surface area (Å²) in [6.07, 6.45) is 7.70. The largest absolute Gasteiger partial charge is 0.452 e. The lowest BCUT2D eigenvalue weighted by Gasteiger charge is -2.14. The Kier molecular flexibility index (Phi) is 5.01. The molecule has 3 aromatic rings. The number of fused-ring (bicyclic) bond motifs is 2. The fourth-order valence-corrected chi connectivity index (χ4v) is 4.46. The maximum absolute atomic E-state index is 12.5. The molecule has 5 rings (SSSR count). The van der Waals surface area contributed by atoms with Crippen LogP contribution >= 0.6 is 0 Å². The standard InChI is InChI=1S/C22H23N5O4/c28-20(25-19-9-10-23-27(19)15-4-1-2-5-15)13-31-22(30)14-7-8-16-17(12-14)24-18-6-3-11-26(18)21(16)29/h7-10,12,15H,1-6,11,13H2,(H,25,28). The third-order valence-electron chi connectivity index (χ3n) is 5.99. The molecule has 1 aliphatic heterocycles. The normalized spacial score (nSPS) is 15.9. The summed E-state index contributed by atoms with van der Waals surface area (Å²) in [4.78, 5) is 41.8. The van der Waals surface area contributed by atoms with Gasteiger partial charge in [0, 0.05) is 19.0 Å². The van der Waals surface area contributed by atoms with Crippen molar-refractivity contribution >= 4 is 28.6 Å². The van der Waals surface area contributed by atoms with Gasteiger partial charge < -0.3 is 10.1 Å². The fraction of sp³-hybridized carbons (Fsp3) is 0.409. The van der Waals surface area contributed by atoms with E-state index in [-0.39, 0.29) is 11.1 Å². The van der Waals surface area contributed by atoms with Gasteiger partial charge in [0.2, 0.25) is 0 Å². The molecule has 0 unspecified atom stereocenters. The van der Waals surface area contributed by atoms with Gasteiger partial charge in [0.05, 0.1) is 28.7 Å². The van der Waals surface area contributed by atoms with E-state index in [1.807, 2.05) is 4.68 Å². The number of carbonyl (C=O) groups excluding carboxylic acids is 2. The van der Waals surface area contributed by atoms with Crippen molar-refractivity contribution in [1.82, 2.24) is 19.3 Å². The summed E-state index contributed by atoms with van der Waals surface area (Å²) in [5.41, 5.74) is 0.638. The van der Waals surface area contributed by atoms with E-state index in [0.717, 1.165) is 44.3 Å². The highest BCUT2D eigenvalue weighted by molar-refractivity contribution is 5.97. The smallest absolute Gasteiger partial charge is 0.338 e. The van der Waals surface area contributed by atoms with E-state index in [1.165, 1.54) is 6.07 Å². The van der Waals surface area contributed by atoms with Crippen molar-refractivity contribution in [1.29, 1.82) is 0 Å². The third-order valence-corrected chi connectivity index (χ3v) is 5.99. The fourth-order valence-electron chi connectivity index (χ4n) is 4.46. The van der Waals surface area contributed by atoms with Gasteiger partial charge in [0.1, 0.15) is 11.6 Å². The molecule has 31 heavy (non-hydrogen) atoms. The van der Waals surface area contributed by atoms with Gasteiger partial charge in [-0.1, -0.05) is 12.8 Å². The Morgan fingerprint density at radius 1 is 1.16 bits per heavy atom. The summed E-state index contributed by atoms with van der Waals surface area (Å²) in [7, 11) is 0. The zero-order valence-electron chi connectivity index (χ0n) is 17.0. The summed E-state index contributed by atoms with van der Waals surface area (Å²) in [6, 6.07) is 6.70. The lowest BCUT2D eigenvalue weighted by Crippen LogP contribution is -2.23. The first-order valence-corrected chi connectivity index (χ1v) is 10.6. The van der Waals surface area contributed by atoms with Crippen molar-refractivity contribution in [2.75, 3.05) is 11.9 Å². The molecule has 1 saturated carbocycles. The average Bonchev–Trinajstić information content (AvgIpc) is 3.53. The van der Waals surface area contributed by atoms with Crippen molar-refractivity contribution in [3.8, 4) is 0 Å². The van der Waals surface area contributed by atoms with Crippen LogP contribution in [0.1, 0.15) is 54.3 Å². The molecule has 9 heteroatoms. The van der Waals surface area contributed by atoms with Gasteiger partial charge in [0.25, 0.3) is 11.5 Å². The maximum Gasteiger partial charge on any atom is 0.338 e. The molecule has 0 spiro atoms. The highest BCUT2D eigenvalue weighted by Crippen LogP contribution is 2.31. The molecule has 1 fully saturated rings. The van der Waals surface area contributed by atoms with Gasteiger partial charge in [-0.15, -0.1) is 0 Å². The summed E-state index contributed by atoms with van der Waals surface area (Å²) in [5, 5.41) is 7.55. The summed E-state index contributed by atoms with van der Waals surface area (Å²) in [6.45, 7) is 0.267. The molecule has 160 valence electrons. The Morgan fingerprint density at radius 2 is 2.00 bits per heavy atom. The second-order valence-electron chi connectivity index (χ2n) is 8.04. The van der Waals surface area contributed by atoms with Crippen LogP contribution in [0.3, 0.4) is 0 Å². The molecular weight excluding hydrogens is 398 g/mol. The molecule has 1 aliphatic carbocycles. The van der Waals surface area contributed by atoms with E-state index < -0.39 is 18.5 Å². The topological polar surface area (TPSA) is 108 Å². The number of ether oxygens (including phenoxy) is 1. The summed E-state index contributed by atoms with van der Waals surface area (Å²) < 4.78 is 8.70. The number of hydrogen-bond donors (Lipinski definition) is 1. The number of nitrogens with zero attached hydrogens (tertiary/aromatic N) is 4. The van der Waals surface area contributed by atoms with Crippen molar-refractivity contribution < 1.29 is 14.3 Å². The molecule has 9 nitrogen and oxygen atoms in total. The van der Waals surface area contributed by atoms with E-state index >= 15 is 0 Å². The number of rotatable bonds is 5. The van der Waals surface area contributed by atoms with Crippen molar-refractivity contribution in [3.63, 3.8) is 0 Å². The first-order valence-electron chi connectivity index (χ1n) is 10.6. The van der Waals surface area contributed by atoms with E-state index in [0.29, 0.717) is 29.3 Å². The van der Waals surface area contributed by atoms with Gasteiger partial charge in [-0.2, -0.15) is 5.10 Å². The number of benzene rings is 1. The molecule has 2 aromatic heterocycles. The highest BCUT2D eigenvalue weighted by atomic mass is 16.5. The Labute approximate surface area is 178 Å². The number of aryl methyl sites for hydroxylation is 1. The second-order valence-corrected chi connectivity index (χ2v) is 8.04. The molecule has 1 aromatic carbocycles. The van der Waals surface area contributed by atoms with E-state index in [1.54, 1.807) is 29.0 Å². The highest BCUT2D eigenvalue weighted by Gasteiger charge is 2.21. The lowest BCUT2D eigenvalue weighted by molar-refractivity contribution is -0.119. The minimum absolute atomic E-state index is 0.0873. The minimum Gasteiger partial charge on any atom is -0.452 e. The molecule has 0 bridgehead atoms. The number of amides is 1. The monoisotopic (exact) mass is 421 g/mol. The van der Waals surface area contributed by atoms with E-state index in [4.69, 9.17) is 4.74 Å². The third kappa shape index (κ3) is 3.71. The predicted molar refractivity (Wildman–Crippen MR) is 113 cm³/mol. The number of hydrogen-bond acceptors (Lipinski definition) is 6. The van der Waals surface area contributed by atoms with Crippen LogP contribution in [0.5, 0.6) is 0 Å². The number of aromatic nitrogens is 4. The Hall–Kier alpha value is -3.49. The summed E-state index contributed by atoms with van der Waals surface area (Å²) in [5.74, 6) is 0.283. The SMILES string of the molecule is O=C(COC(=O)c1ccc2c(=O)n3c(nc2c1)CCC3)Nc1ccnn1C1CCCC1. The molecular formula is C22H23N5O4.